The maximum Gasteiger partial charge on any atom is 0.138 e. The molecule has 0 rings (SSSR count). The first-order valence-corrected chi connectivity index (χ1v) is 3.20. The van der Waals surface area contributed by atoms with E-state index in [1.807, 2.05) is 0 Å². The molecule has 0 saturated heterocycles. The highest BCUT2D eigenvalue weighted by Gasteiger charge is 2.30. The normalized spacial score (nSPS) is 19.6. The Kier molecular flexibility index (Phi) is 2.87. The van der Waals surface area contributed by atoms with Crippen LogP contribution in [0.15, 0.2) is 12.3 Å². The molecule has 3 nitrogen and oxygen atoms in total. The van der Waals surface area contributed by atoms with Gasteiger partial charge < -0.3 is 15.3 Å². The average molecular weight is 146 g/mol. The second-order valence-electron chi connectivity index (χ2n) is 2.60. The van der Waals surface area contributed by atoms with Gasteiger partial charge in [-0.1, -0.05) is 13.5 Å². The van der Waals surface area contributed by atoms with Gasteiger partial charge in [-0.25, -0.2) is 0 Å². The molecule has 0 fully saturated rings. The fraction of sp³-hybridized carbons (Fsp3) is 0.714. The summed E-state index contributed by atoms with van der Waals surface area (Å²) in [5.41, 5.74) is -1.27. The summed E-state index contributed by atoms with van der Waals surface area (Å²) in [6, 6.07) is 0. The first-order chi connectivity index (χ1) is 4.41. The molecule has 10 heavy (non-hydrogen) atoms. The van der Waals surface area contributed by atoms with Crippen LogP contribution in [0.4, 0.5) is 0 Å². The number of aliphatic hydroxyl groups excluding tert-OH is 2. The van der Waals surface area contributed by atoms with Gasteiger partial charge in [0, 0.05) is 0 Å². The largest absolute Gasteiger partial charge is 0.510 e. The molecule has 1 unspecified atom stereocenters. The fourth-order valence-electron chi connectivity index (χ4n) is 0.552. The van der Waals surface area contributed by atoms with Gasteiger partial charge in [0.15, 0.2) is 0 Å². The Hall–Kier alpha value is -0.540. The third-order valence-electron chi connectivity index (χ3n) is 1.62. The van der Waals surface area contributed by atoms with Crippen LogP contribution in [0.1, 0.15) is 20.3 Å². The standard InChI is InChI=1S/C7H14O3/c1-4-7(3,10)6(9)5(2)8/h6,8-10H,2,4H2,1,3H3/t6?,7-/m1/s1. The fourth-order valence-corrected chi connectivity index (χ4v) is 0.552. The molecule has 3 heteroatoms. The Morgan fingerprint density at radius 2 is 2.10 bits per heavy atom. The highest BCUT2D eigenvalue weighted by atomic mass is 16.4. The van der Waals surface area contributed by atoms with Crippen LogP contribution in [-0.2, 0) is 0 Å². The van der Waals surface area contributed by atoms with Crippen LogP contribution in [0.25, 0.3) is 0 Å². The van der Waals surface area contributed by atoms with Crippen molar-refractivity contribution in [1.29, 1.82) is 0 Å². The molecule has 60 valence electrons. The summed E-state index contributed by atoms with van der Waals surface area (Å²) < 4.78 is 0. The summed E-state index contributed by atoms with van der Waals surface area (Å²) in [4.78, 5) is 0. The summed E-state index contributed by atoms with van der Waals surface area (Å²) in [5.74, 6) is -0.396. The lowest BCUT2D eigenvalue weighted by molar-refractivity contribution is -0.0606. The first kappa shape index (κ1) is 9.46. The Morgan fingerprint density at radius 3 is 2.20 bits per heavy atom. The zero-order chi connectivity index (χ0) is 8.36. The van der Waals surface area contributed by atoms with Crippen LogP contribution < -0.4 is 0 Å². The predicted octanol–water partition coefficient (Wildman–Crippen LogP) is 0.580. The molecule has 0 spiro atoms. The molecule has 0 radical (unpaired) electrons. The summed E-state index contributed by atoms with van der Waals surface area (Å²) >= 11 is 0. The van der Waals surface area contributed by atoms with Crippen molar-refractivity contribution in [3.8, 4) is 0 Å². The molecule has 0 bridgehead atoms. The van der Waals surface area contributed by atoms with E-state index in [2.05, 4.69) is 6.58 Å². The summed E-state index contributed by atoms with van der Waals surface area (Å²) in [6.45, 7) is 6.27. The monoisotopic (exact) mass is 146 g/mol. The van der Waals surface area contributed by atoms with Gasteiger partial charge in [0.2, 0.25) is 0 Å². The molecule has 0 heterocycles. The van der Waals surface area contributed by atoms with Gasteiger partial charge in [0.25, 0.3) is 0 Å². The van der Waals surface area contributed by atoms with Gasteiger partial charge in [-0.2, -0.15) is 0 Å². The molecule has 0 aliphatic rings. The molecular formula is C7H14O3. The number of aliphatic hydroxyl groups is 3. The van der Waals surface area contributed by atoms with E-state index in [-0.39, 0.29) is 0 Å². The number of hydrogen-bond acceptors (Lipinski definition) is 3. The molecule has 0 aromatic rings. The molecule has 0 aliphatic carbocycles. The lowest BCUT2D eigenvalue weighted by atomic mass is 9.95. The van der Waals surface area contributed by atoms with E-state index in [4.69, 9.17) is 10.2 Å². The Balaban J connectivity index is 4.17. The second kappa shape index (κ2) is 3.03. The lowest BCUT2D eigenvalue weighted by Crippen LogP contribution is -2.39. The van der Waals surface area contributed by atoms with Crippen molar-refractivity contribution in [2.75, 3.05) is 0 Å². The minimum atomic E-state index is -1.27. The van der Waals surface area contributed by atoms with E-state index < -0.39 is 17.5 Å². The molecule has 0 aromatic heterocycles. The third kappa shape index (κ3) is 2.01. The Morgan fingerprint density at radius 1 is 1.70 bits per heavy atom. The van der Waals surface area contributed by atoms with Crippen molar-refractivity contribution in [2.24, 2.45) is 0 Å². The minimum Gasteiger partial charge on any atom is -0.510 e. The van der Waals surface area contributed by atoms with E-state index in [1.165, 1.54) is 6.92 Å². The zero-order valence-electron chi connectivity index (χ0n) is 6.33. The lowest BCUT2D eigenvalue weighted by Gasteiger charge is -2.26. The third-order valence-corrected chi connectivity index (χ3v) is 1.62. The van der Waals surface area contributed by atoms with Crippen LogP contribution >= 0.6 is 0 Å². The molecular weight excluding hydrogens is 132 g/mol. The van der Waals surface area contributed by atoms with Crippen molar-refractivity contribution < 1.29 is 15.3 Å². The number of rotatable bonds is 3. The van der Waals surface area contributed by atoms with Gasteiger partial charge in [-0.3, -0.25) is 0 Å². The van der Waals surface area contributed by atoms with Gasteiger partial charge in [-0.05, 0) is 13.3 Å². The summed E-state index contributed by atoms with van der Waals surface area (Å²) in [6.07, 6.45) is -0.884. The van der Waals surface area contributed by atoms with E-state index in [1.54, 1.807) is 6.92 Å². The average Bonchev–Trinajstić information content (AvgIpc) is 1.86. The quantitative estimate of drug-likeness (QED) is 0.510. The molecule has 2 atom stereocenters. The van der Waals surface area contributed by atoms with Gasteiger partial charge in [0.1, 0.15) is 11.9 Å². The van der Waals surface area contributed by atoms with Crippen molar-refractivity contribution in [3.63, 3.8) is 0 Å². The van der Waals surface area contributed by atoms with E-state index in [0.717, 1.165) is 0 Å². The van der Waals surface area contributed by atoms with E-state index >= 15 is 0 Å². The van der Waals surface area contributed by atoms with Gasteiger partial charge in [-0.15, -0.1) is 0 Å². The summed E-state index contributed by atoms with van der Waals surface area (Å²) in [5, 5.41) is 27.0. The van der Waals surface area contributed by atoms with Crippen molar-refractivity contribution in [2.45, 2.75) is 32.0 Å². The molecule has 3 N–H and O–H groups in total. The van der Waals surface area contributed by atoms with E-state index in [9.17, 15) is 5.11 Å². The molecule has 0 aliphatic heterocycles. The van der Waals surface area contributed by atoms with Crippen molar-refractivity contribution in [3.05, 3.63) is 12.3 Å². The zero-order valence-corrected chi connectivity index (χ0v) is 6.33. The topological polar surface area (TPSA) is 60.7 Å². The molecule has 0 amide bonds. The first-order valence-electron chi connectivity index (χ1n) is 3.20. The highest BCUT2D eigenvalue weighted by Crippen LogP contribution is 2.17. The maximum atomic E-state index is 9.29. The minimum absolute atomic E-state index is 0.369. The van der Waals surface area contributed by atoms with Crippen LogP contribution in [0.3, 0.4) is 0 Å². The van der Waals surface area contributed by atoms with Crippen molar-refractivity contribution >= 4 is 0 Å². The SMILES string of the molecule is C=C(O)C(O)[C@](C)(O)CC. The van der Waals surface area contributed by atoms with Crippen LogP contribution in [0, 0.1) is 0 Å². The predicted molar refractivity (Wildman–Crippen MR) is 38.7 cm³/mol. The summed E-state index contributed by atoms with van der Waals surface area (Å²) in [7, 11) is 0. The van der Waals surface area contributed by atoms with Gasteiger partial charge in [0.05, 0.1) is 5.60 Å². The number of hydrogen-bond donors (Lipinski definition) is 3. The maximum absolute atomic E-state index is 9.29. The second-order valence-corrected chi connectivity index (χ2v) is 2.60. The highest BCUT2D eigenvalue weighted by molar-refractivity contribution is 4.99. The van der Waals surface area contributed by atoms with Crippen LogP contribution in [-0.4, -0.2) is 27.0 Å². The Bertz CT molecular complexity index is 129. The van der Waals surface area contributed by atoms with E-state index in [0.29, 0.717) is 6.42 Å². The molecule has 0 aromatic carbocycles. The van der Waals surface area contributed by atoms with Crippen LogP contribution in [0.5, 0.6) is 0 Å². The Labute approximate surface area is 60.6 Å². The molecule has 0 saturated carbocycles. The van der Waals surface area contributed by atoms with Crippen LogP contribution in [0.2, 0.25) is 0 Å². The van der Waals surface area contributed by atoms with Gasteiger partial charge >= 0.3 is 0 Å². The van der Waals surface area contributed by atoms with Crippen molar-refractivity contribution in [1.82, 2.24) is 0 Å². The smallest absolute Gasteiger partial charge is 0.138 e.